The Labute approximate surface area is 113 Å². The van der Waals surface area contributed by atoms with Gasteiger partial charge in [0.25, 0.3) is 0 Å². The van der Waals surface area contributed by atoms with Gasteiger partial charge in [-0.1, -0.05) is 17.7 Å². The predicted octanol–water partition coefficient (Wildman–Crippen LogP) is 3.66. The summed E-state index contributed by atoms with van der Waals surface area (Å²) in [4.78, 5) is 4.01. The lowest BCUT2D eigenvalue weighted by atomic mass is 10.2. The standard InChI is InChI=1S/C12H10BrClN2O/c13-9-3-11(6-16-5-9)17-7-8-1-2-10(15)4-12(8)14/h1-6H,7,15H2. The Morgan fingerprint density at radius 3 is 2.82 bits per heavy atom. The first-order chi connectivity index (χ1) is 8.15. The number of nitrogens with two attached hydrogens (primary N) is 1. The van der Waals surface area contributed by atoms with E-state index in [2.05, 4.69) is 20.9 Å². The van der Waals surface area contributed by atoms with E-state index in [0.29, 0.717) is 23.1 Å². The van der Waals surface area contributed by atoms with E-state index in [1.807, 2.05) is 12.1 Å². The first-order valence-electron chi connectivity index (χ1n) is 4.92. The number of hydrogen-bond acceptors (Lipinski definition) is 3. The van der Waals surface area contributed by atoms with Crippen molar-refractivity contribution in [3.63, 3.8) is 0 Å². The molecule has 0 bridgehead atoms. The Kier molecular flexibility index (Phi) is 3.86. The highest BCUT2D eigenvalue weighted by Crippen LogP contribution is 2.22. The number of aromatic nitrogens is 1. The number of nitrogens with zero attached hydrogens (tertiary/aromatic N) is 1. The van der Waals surface area contributed by atoms with Gasteiger partial charge >= 0.3 is 0 Å². The van der Waals surface area contributed by atoms with Crippen LogP contribution in [-0.2, 0) is 6.61 Å². The Bertz CT molecular complexity index is 534. The highest BCUT2D eigenvalue weighted by Gasteiger charge is 2.02. The van der Waals surface area contributed by atoms with Crippen LogP contribution in [0.25, 0.3) is 0 Å². The molecule has 0 aliphatic rings. The van der Waals surface area contributed by atoms with E-state index < -0.39 is 0 Å². The first kappa shape index (κ1) is 12.2. The van der Waals surface area contributed by atoms with E-state index in [0.717, 1.165) is 10.0 Å². The fourth-order valence-electron chi connectivity index (χ4n) is 1.31. The average Bonchev–Trinajstić information content (AvgIpc) is 2.28. The van der Waals surface area contributed by atoms with Crippen molar-refractivity contribution in [2.24, 2.45) is 0 Å². The van der Waals surface area contributed by atoms with Gasteiger partial charge in [-0.3, -0.25) is 4.98 Å². The molecule has 0 saturated heterocycles. The molecule has 0 saturated carbocycles. The molecule has 0 unspecified atom stereocenters. The van der Waals surface area contributed by atoms with Crippen molar-refractivity contribution in [2.75, 3.05) is 5.73 Å². The minimum Gasteiger partial charge on any atom is -0.487 e. The van der Waals surface area contributed by atoms with E-state index >= 15 is 0 Å². The summed E-state index contributed by atoms with van der Waals surface area (Å²) in [5.41, 5.74) is 7.14. The van der Waals surface area contributed by atoms with Crippen molar-refractivity contribution >= 4 is 33.2 Å². The van der Waals surface area contributed by atoms with Gasteiger partial charge in [0.1, 0.15) is 12.4 Å². The van der Waals surface area contributed by atoms with Crippen LogP contribution >= 0.6 is 27.5 Å². The molecule has 1 heterocycles. The third kappa shape index (κ3) is 3.35. The van der Waals surface area contributed by atoms with Crippen molar-refractivity contribution < 1.29 is 4.74 Å². The third-order valence-corrected chi connectivity index (χ3v) is 2.94. The van der Waals surface area contributed by atoms with Gasteiger partial charge < -0.3 is 10.5 Å². The monoisotopic (exact) mass is 312 g/mol. The lowest BCUT2D eigenvalue weighted by molar-refractivity contribution is 0.305. The molecule has 0 aliphatic carbocycles. The topological polar surface area (TPSA) is 48.1 Å². The van der Waals surface area contributed by atoms with Crippen LogP contribution in [0.5, 0.6) is 5.75 Å². The number of ether oxygens (including phenoxy) is 1. The summed E-state index contributed by atoms with van der Waals surface area (Å²) in [6.45, 7) is 0.386. The van der Waals surface area contributed by atoms with Gasteiger partial charge in [-0.2, -0.15) is 0 Å². The zero-order chi connectivity index (χ0) is 12.3. The summed E-state index contributed by atoms with van der Waals surface area (Å²) >= 11 is 9.37. The van der Waals surface area contributed by atoms with Gasteiger partial charge in [0.15, 0.2) is 0 Å². The molecule has 0 atom stereocenters. The molecule has 88 valence electrons. The molecule has 1 aromatic heterocycles. The van der Waals surface area contributed by atoms with Crippen LogP contribution in [0.15, 0.2) is 41.1 Å². The van der Waals surface area contributed by atoms with Crippen LogP contribution in [0, 0.1) is 0 Å². The van der Waals surface area contributed by atoms with Gasteiger partial charge in [0.2, 0.25) is 0 Å². The molecule has 0 spiro atoms. The highest BCUT2D eigenvalue weighted by atomic mass is 79.9. The first-order valence-corrected chi connectivity index (χ1v) is 6.09. The van der Waals surface area contributed by atoms with Crippen molar-refractivity contribution in [1.82, 2.24) is 4.98 Å². The second kappa shape index (κ2) is 5.38. The van der Waals surface area contributed by atoms with E-state index in [-0.39, 0.29) is 0 Å². The minimum atomic E-state index is 0.386. The summed E-state index contributed by atoms with van der Waals surface area (Å²) in [7, 11) is 0. The third-order valence-electron chi connectivity index (χ3n) is 2.15. The van der Waals surface area contributed by atoms with Crippen molar-refractivity contribution in [2.45, 2.75) is 6.61 Å². The van der Waals surface area contributed by atoms with Crippen LogP contribution in [-0.4, -0.2) is 4.98 Å². The van der Waals surface area contributed by atoms with Gasteiger partial charge in [0, 0.05) is 26.9 Å². The fraction of sp³-hybridized carbons (Fsp3) is 0.0833. The maximum atomic E-state index is 6.04. The van der Waals surface area contributed by atoms with E-state index in [4.69, 9.17) is 22.1 Å². The van der Waals surface area contributed by atoms with Crippen LogP contribution in [0.1, 0.15) is 5.56 Å². The molecule has 1 aromatic carbocycles. The van der Waals surface area contributed by atoms with Gasteiger partial charge in [0.05, 0.1) is 6.20 Å². The molecule has 17 heavy (non-hydrogen) atoms. The molecular formula is C12H10BrClN2O. The smallest absolute Gasteiger partial charge is 0.139 e. The number of nitrogen functional groups attached to an aromatic ring is 1. The van der Waals surface area contributed by atoms with Crippen molar-refractivity contribution in [3.05, 3.63) is 51.7 Å². The molecule has 0 radical (unpaired) electrons. The number of pyridine rings is 1. The van der Waals surface area contributed by atoms with Crippen LogP contribution in [0.3, 0.4) is 0 Å². The van der Waals surface area contributed by atoms with Crippen molar-refractivity contribution in [1.29, 1.82) is 0 Å². The number of anilines is 1. The molecule has 3 nitrogen and oxygen atoms in total. The number of hydrogen-bond donors (Lipinski definition) is 1. The average molecular weight is 314 g/mol. The quantitative estimate of drug-likeness (QED) is 0.880. The van der Waals surface area contributed by atoms with Gasteiger partial charge in [-0.05, 0) is 34.1 Å². The van der Waals surface area contributed by atoms with Crippen LogP contribution in [0.2, 0.25) is 5.02 Å². The Morgan fingerprint density at radius 2 is 2.12 bits per heavy atom. The molecule has 5 heteroatoms. The number of rotatable bonds is 3. The molecule has 2 N–H and O–H groups in total. The Morgan fingerprint density at radius 1 is 1.29 bits per heavy atom. The predicted molar refractivity (Wildman–Crippen MR) is 72.1 cm³/mol. The lowest BCUT2D eigenvalue weighted by Crippen LogP contribution is -1.97. The van der Waals surface area contributed by atoms with Crippen LogP contribution < -0.4 is 10.5 Å². The minimum absolute atomic E-state index is 0.386. The Balaban J connectivity index is 2.07. The molecule has 2 rings (SSSR count). The number of halogens is 2. The van der Waals surface area contributed by atoms with E-state index in [9.17, 15) is 0 Å². The summed E-state index contributed by atoms with van der Waals surface area (Å²) in [6.07, 6.45) is 3.35. The Hall–Kier alpha value is -1.26. The summed E-state index contributed by atoms with van der Waals surface area (Å²) in [6, 6.07) is 7.20. The van der Waals surface area contributed by atoms with Gasteiger partial charge in [-0.15, -0.1) is 0 Å². The number of benzene rings is 1. The zero-order valence-corrected chi connectivity index (χ0v) is 11.2. The molecule has 2 aromatic rings. The summed E-state index contributed by atoms with van der Waals surface area (Å²) < 4.78 is 6.45. The molecular weight excluding hydrogens is 304 g/mol. The van der Waals surface area contributed by atoms with Crippen molar-refractivity contribution in [3.8, 4) is 5.75 Å². The summed E-state index contributed by atoms with van der Waals surface area (Å²) in [5.74, 6) is 0.687. The van der Waals surface area contributed by atoms with E-state index in [1.165, 1.54) is 0 Å². The van der Waals surface area contributed by atoms with E-state index in [1.54, 1.807) is 24.5 Å². The zero-order valence-electron chi connectivity index (χ0n) is 8.86. The summed E-state index contributed by atoms with van der Waals surface area (Å²) in [5, 5.41) is 0.605. The second-order valence-electron chi connectivity index (χ2n) is 3.48. The highest BCUT2D eigenvalue weighted by molar-refractivity contribution is 9.10. The molecule has 0 amide bonds. The van der Waals surface area contributed by atoms with Crippen LogP contribution in [0.4, 0.5) is 5.69 Å². The second-order valence-corrected chi connectivity index (χ2v) is 4.80. The van der Waals surface area contributed by atoms with Gasteiger partial charge in [-0.25, -0.2) is 0 Å². The maximum absolute atomic E-state index is 6.04. The molecule has 0 aliphatic heterocycles. The normalized spacial score (nSPS) is 10.2. The lowest BCUT2D eigenvalue weighted by Gasteiger charge is -2.08. The SMILES string of the molecule is Nc1ccc(COc2cncc(Br)c2)c(Cl)c1. The fourth-order valence-corrected chi connectivity index (χ4v) is 1.90. The largest absolute Gasteiger partial charge is 0.487 e. The molecule has 0 fully saturated rings. The maximum Gasteiger partial charge on any atom is 0.139 e.